The van der Waals surface area contributed by atoms with Crippen LogP contribution in [-0.2, 0) is 17.5 Å². The summed E-state index contributed by atoms with van der Waals surface area (Å²) in [5.41, 5.74) is 0.613. The quantitative estimate of drug-likeness (QED) is 0.177. The van der Waals surface area contributed by atoms with Crippen molar-refractivity contribution in [3.05, 3.63) is 104 Å². The molecule has 2 amide bonds. The number of fused-ring (bicyclic) bond motifs is 1. The zero-order valence-corrected chi connectivity index (χ0v) is 27.9. The number of amides is 2. The number of hydrogen-bond donors (Lipinski definition) is 1. The predicted octanol–water partition coefficient (Wildman–Crippen LogP) is 7.14. The smallest absolute Gasteiger partial charge is 0.416 e. The standard InChI is InChI=1S/C33H37BrF3N5O4/c1-6-25(26-19-27-28(34)21(2)39-42(27)31(45)41(26)20-22-11-8-7-9-12-22)40(18-10-17-38-30(44)46-32(3,4)5)29(43)23-13-15-24(16-14-23)33(35,36)37/h7-9,11-16,19,25H,6,10,17-18,20H2,1-5H3,(H,38,44). The summed E-state index contributed by atoms with van der Waals surface area (Å²) in [4.78, 5) is 41.8. The number of aromatic nitrogens is 3. The van der Waals surface area contributed by atoms with E-state index in [1.54, 1.807) is 37.2 Å². The molecule has 0 aliphatic carbocycles. The monoisotopic (exact) mass is 703 g/mol. The van der Waals surface area contributed by atoms with Gasteiger partial charge in [-0.1, -0.05) is 37.3 Å². The Kier molecular flexibility index (Phi) is 10.7. The zero-order chi connectivity index (χ0) is 33.8. The van der Waals surface area contributed by atoms with Crippen LogP contribution in [0.1, 0.15) is 79.5 Å². The Morgan fingerprint density at radius 2 is 1.72 bits per heavy atom. The van der Waals surface area contributed by atoms with E-state index < -0.39 is 41.1 Å². The van der Waals surface area contributed by atoms with Gasteiger partial charge in [-0.2, -0.15) is 22.8 Å². The summed E-state index contributed by atoms with van der Waals surface area (Å²) in [6, 6.07) is 14.6. The molecule has 13 heteroatoms. The fraction of sp³-hybridized carbons (Fsp3) is 0.394. The highest BCUT2D eigenvalue weighted by molar-refractivity contribution is 9.10. The molecule has 4 aromatic rings. The van der Waals surface area contributed by atoms with Crippen LogP contribution in [0.3, 0.4) is 0 Å². The van der Waals surface area contributed by atoms with Crippen molar-refractivity contribution >= 4 is 33.4 Å². The molecule has 0 radical (unpaired) electrons. The molecular weight excluding hydrogens is 667 g/mol. The molecule has 1 unspecified atom stereocenters. The Bertz CT molecular complexity index is 1750. The van der Waals surface area contributed by atoms with Crippen molar-refractivity contribution in [2.45, 2.75) is 71.8 Å². The number of hydrogen-bond acceptors (Lipinski definition) is 5. The van der Waals surface area contributed by atoms with Crippen LogP contribution in [-0.4, -0.2) is 49.8 Å². The van der Waals surface area contributed by atoms with Gasteiger partial charge < -0.3 is 15.0 Å². The Labute approximate surface area is 273 Å². The maximum atomic E-state index is 14.1. The van der Waals surface area contributed by atoms with E-state index in [0.717, 1.165) is 29.8 Å². The predicted molar refractivity (Wildman–Crippen MR) is 172 cm³/mol. The Morgan fingerprint density at radius 1 is 1.07 bits per heavy atom. The van der Waals surface area contributed by atoms with Gasteiger partial charge in [0.05, 0.1) is 33.8 Å². The van der Waals surface area contributed by atoms with E-state index in [9.17, 15) is 27.6 Å². The molecular formula is C33H37BrF3N5O4. The second kappa shape index (κ2) is 14.1. The zero-order valence-electron chi connectivity index (χ0n) is 26.3. The number of alkyl carbamates (subject to hydrolysis) is 1. The van der Waals surface area contributed by atoms with Gasteiger partial charge in [-0.15, -0.1) is 0 Å². The first-order chi connectivity index (χ1) is 21.6. The summed E-state index contributed by atoms with van der Waals surface area (Å²) < 4.78 is 48.7. The first kappa shape index (κ1) is 34.7. The molecule has 0 saturated heterocycles. The fourth-order valence-electron chi connectivity index (χ4n) is 5.15. The minimum Gasteiger partial charge on any atom is -0.444 e. The second-order valence-corrected chi connectivity index (χ2v) is 12.7. The van der Waals surface area contributed by atoms with Gasteiger partial charge in [0.1, 0.15) is 5.60 Å². The van der Waals surface area contributed by atoms with Crippen LogP contribution < -0.4 is 11.0 Å². The molecule has 0 saturated carbocycles. The summed E-state index contributed by atoms with van der Waals surface area (Å²) >= 11 is 3.54. The summed E-state index contributed by atoms with van der Waals surface area (Å²) in [6.45, 7) is 9.37. The van der Waals surface area contributed by atoms with Gasteiger partial charge in [0, 0.05) is 24.3 Å². The normalized spacial score (nSPS) is 12.6. The number of halogens is 4. The van der Waals surface area contributed by atoms with E-state index in [-0.39, 0.29) is 25.2 Å². The van der Waals surface area contributed by atoms with Gasteiger partial charge in [0.25, 0.3) is 5.91 Å². The van der Waals surface area contributed by atoms with Crippen molar-refractivity contribution < 1.29 is 27.5 Å². The summed E-state index contributed by atoms with van der Waals surface area (Å²) in [7, 11) is 0. The van der Waals surface area contributed by atoms with Gasteiger partial charge in [-0.3, -0.25) is 9.36 Å². The number of carbonyl (C=O) groups is 2. The third kappa shape index (κ3) is 8.17. The molecule has 246 valence electrons. The third-order valence-electron chi connectivity index (χ3n) is 7.28. The maximum absolute atomic E-state index is 14.1. The van der Waals surface area contributed by atoms with Crippen molar-refractivity contribution in [3.63, 3.8) is 0 Å². The lowest BCUT2D eigenvalue weighted by atomic mass is 10.0. The molecule has 9 nitrogen and oxygen atoms in total. The van der Waals surface area contributed by atoms with Crippen molar-refractivity contribution in [3.8, 4) is 0 Å². The lowest BCUT2D eigenvalue weighted by Crippen LogP contribution is -2.41. The molecule has 0 fully saturated rings. The van der Waals surface area contributed by atoms with E-state index in [2.05, 4.69) is 26.3 Å². The van der Waals surface area contributed by atoms with E-state index in [1.165, 1.54) is 4.52 Å². The lowest BCUT2D eigenvalue weighted by molar-refractivity contribution is -0.137. The third-order valence-corrected chi connectivity index (χ3v) is 8.26. The summed E-state index contributed by atoms with van der Waals surface area (Å²) in [6.07, 6.45) is -4.48. The average Bonchev–Trinajstić information content (AvgIpc) is 3.28. The number of nitrogens with one attached hydrogen (secondary N) is 1. The lowest BCUT2D eigenvalue weighted by Gasteiger charge is -2.33. The number of aryl methyl sites for hydroxylation is 1. The van der Waals surface area contributed by atoms with Gasteiger partial charge in [-0.25, -0.2) is 9.59 Å². The van der Waals surface area contributed by atoms with Crippen LogP contribution in [0.4, 0.5) is 18.0 Å². The van der Waals surface area contributed by atoms with Crippen molar-refractivity contribution in [2.24, 2.45) is 0 Å². The summed E-state index contributed by atoms with van der Waals surface area (Å²) in [5, 5.41) is 7.10. The number of alkyl halides is 3. The largest absolute Gasteiger partial charge is 0.444 e. The molecule has 2 aromatic carbocycles. The van der Waals surface area contributed by atoms with Crippen LogP contribution >= 0.6 is 15.9 Å². The highest BCUT2D eigenvalue weighted by atomic mass is 79.9. The van der Waals surface area contributed by atoms with Gasteiger partial charge in [-0.05, 0) is 92.4 Å². The number of ether oxygens (including phenoxy) is 1. The van der Waals surface area contributed by atoms with Crippen molar-refractivity contribution in [1.82, 2.24) is 24.4 Å². The molecule has 0 aliphatic heterocycles. The van der Waals surface area contributed by atoms with Crippen LogP contribution in [0.2, 0.25) is 0 Å². The fourth-order valence-corrected chi connectivity index (χ4v) is 5.51. The van der Waals surface area contributed by atoms with Gasteiger partial charge in [0.2, 0.25) is 0 Å². The molecule has 0 spiro atoms. The number of carbonyl (C=O) groups excluding carboxylic acids is 2. The van der Waals surface area contributed by atoms with E-state index in [4.69, 9.17) is 4.74 Å². The van der Waals surface area contributed by atoms with Crippen LogP contribution in [0.25, 0.3) is 5.52 Å². The summed E-state index contributed by atoms with van der Waals surface area (Å²) in [5.74, 6) is -0.514. The van der Waals surface area contributed by atoms with Crippen LogP contribution in [0, 0.1) is 6.92 Å². The molecule has 0 bridgehead atoms. The molecule has 0 aliphatic rings. The van der Waals surface area contributed by atoms with Gasteiger partial charge in [0.15, 0.2) is 0 Å². The highest BCUT2D eigenvalue weighted by Gasteiger charge is 2.32. The highest BCUT2D eigenvalue weighted by Crippen LogP contribution is 2.32. The molecule has 2 heterocycles. The van der Waals surface area contributed by atoms with Crippen LogP contribution in [0.15, 0.2) is 69.9 Å². The molecule has 4 rings (SSSR count). The first-order valence-electron chi connectivity index (χ1n) is 14.9. The Balaban J connectivity index is 1.78. The SMILES string of the molecule is CCC(c1cc2c(Br)c(C)nn2c(=O)n1Cc1ccccc1)N(CCCNC(=O)OC(C)(C)C)C(=O)c1ccc(C(F)(F)F)cc1. The molecule has 2 aromatic heterocycles. The number of rotatable bonds is 10. The minimum atomic E-state index is -4.56. The van der Waals surface area contributed by atoms with Crippen LogP contribution in [0.5, 0.6) is 0 Å². The maximum Gasteiger partial charge on any atom is 0.416 e. The topological polar surface area (TPSA) is 97.9 Å². The molecule has 1 N–H and O–H groups in total. The van der Waals surface area contributed by atoms with E-state index in [1.807, 2.05) is 43.3 Å². The molecule has 1 atom stereocenters. The number of benzene rings is 2. The molecule has 46 heavy (non-hydrogen) atoms. The average molecular weight is 705 g/mol. The Hall–Kier alpha value is -4.13. The van der Waals surface area contributed by atoms with Crippen molar-refractivity contribution in [1.29, 1.82) is 0 Å². The van der Waals surface area contributed by atoms with Gasteiger partial charge >= 0.3 is 18.0 Å². The van der Waals surface area contributed by atoms with Crippen molar-refractivity contribution in [2.75, 3.05) is 13.1 Å². The van der Waals surface area contributed by atoms with E-state index in [0.29, 0.717) is 34.2 Å². The minimum absolute atomic E-state index is 0.0611. The number of nitrogens with zero attached hydrogens (tertiary/aromatic N) is 4. The second-order valence-electron chi connectivity index (χ2n) is 11.9. The Morgan fingerprint density at radius 3 is 2.30 bits per heavy atom. The van der Waals surface area contributed by atoms with E-state index >= 15 is 0 Å². The first-order valence-corrected chi connectivity index (χ1v) is 15.7.